The normalized spacial score (nSPS) is 21.7. The first kappa shape index (κ1) is 21.8. The van der Waals surface area contributed by atoms with Gasteiger partial charge >= 0.3 is 0 Å². The zero-order valence-electron chi connectivity index (χ0n) is 18.4. The number of carbonyl (C=O) groups is 1. The fraction of sp³-hybridized carbons (Fsp3) is 0.455. The number of anilines is 2. The van der Waals surface area contributed by atoms with Gasteiger partial charge in [-0.3, -0.25) is 4.79 Å². The van der Waals surface area contributed by atoms with Gasteiger partial charge in [0, 0.05) is 36.7 Å². The third-order valence-electron chi connectivity index (χ3n) is 6.84. The van der Waals surface area contributed by atoms with Crippen LogP contribution in [0.3, 0.4) is 0 Å². The number of nitrogens with two attached hydrogens (primary N) is 2. The molecule has 5 N–H and O–H groups in total. The second-order valence-corrected chi connectivity index (χ2v) is 10.3. The van der Waals surface area contributed by atoms with Crippen molar-refractivity contribution in [2.45, 2.75) is 43.8 Å². The lowest BCUT2D eigenvalue weighted by Crippen LogP contribution is -2.56. The molecule has 2 aliphatic heterocycles. The van der Waals surface area contributed by atoms with Gasteiger partial charge in [0.1, 0.15) is 28.9 Å². The molecule has 3 aliphatic rings. The van der Waals surface area contributed by atoms with Gasteiger partial charge in [-0.25, -0.2) is 19.3 Å². The number of nitrogen functional groups attached to an aromatic ring is 1. The van der Waals surface area contributed by atoms with Gasteiger partial charge in [-0.2, -0.15) is 0 Å². The summed E-state index contributed by atoms with van der Waals surface area (Å²) in [7, 11) is 0. The smallest absolute Gasteiger partial charge is 0.242 e. The Morgan fingerprint density at radius 1 is 1.35 bits per heavy atom. The molecule has 1 aliphatic carbocycles. The van der Waals surface area contributed by atoms with Gasteiger partial charge in [-0.1, -0.05) is 0 Å². The van der Waals surface area contributed by atoms with E-state index in [2.05, 4.69) is 47.8 Å². The summed E-state index contributed by atoms with van der Waals surface area (Å²) in [5, 5.41) is 3.04. The molecule has 10 nitrogen and oxygen atoms in total. The van der Waals surface area contributed by atoms with E-state index in [9.17, 15) is 4.79 Å². The van der Waals surface area contributed by atoms with Crippen LogP contribution < -0.4 is 26.4 Å². The van der Waals surface area contributed by atoms with E-state index in [0.717, 1.165) is 24.1 Å². The van der Waals surface area contributed by atoms with Crippen molar-refractivity contribution in [3.05, 3.63) is 33.2 Å². The Kier molecular flexibility index (Phi) is 5.06. The van der Waals surface area contributed by atoms with E-state index in [1.807, 2.05) is 4.57 Å². The van der Waals surface area contributed by atoms with E-state index in [0.29, 0.717) is 65.1 Å². The number of imidazole rings is 1. The van der Waals surface area contributed by atoms with E-state index < -0.39 is 5.54 Å². The fourth-order valence-corrected chi connectivity index (χ4v) is 5.56. The van der Waals surface area contributed by atoms with Crippen molar-refractivity contribution in [1.29, 1.82) is 0 Å². The SMILES string of the molecule is Nc1ncnc2c1ncn2Cc1c(I)c(F)c2c(c1N1CCC(N)(C(=O)NC3CC3)C1)OCC2. The zero-order chi connectivity index (χ0) is 23.6. The molecule has 4 heterocycles. The maximum absolute atomic E-state index is 15.4. The van der Waals surface area contributed by atoms with Gasteiger partial charge < -0.3 is 31.0 Å². The molecule has 1 aromatic carbocycles. The second kappa shape index (κ2) is 7.90. The van der Waals surface area contributed by atoms with E-state index in [4.69, 9.17) is 16.2 Å². The molecule has 178 valence electrons. The van der Waals surface area contributed by atoms with Crippen molar-refractivity contribution in [3.63, 3.8) is 0 Å². The maximum atomic E-state index is 15.4. The number of nitrogens with zero attached hydrogens (tertiary/aromatic N) is 5. The summed E-state index contributed by atoms with van der Waals surface area (Å²) in [6, 6.07) is 0.237. The predicted octanol–water partition coefficient (Wildman–Crippen LogP) is 1.32. The van der Waals surface area contributed by atoms with Crippen LogP contribution in [0, 0.1) is 9.39 Å². The molecule has 0 radical (unpaired) electrons. The van der Waals surface area contributed by atoms with E-state index >= 15 is 4.39 Å². The monoisotopic (exact) mass is 578 g/mol. The van der Waals surface area contributed by atoms with Crippen molar-refractivity contribution in [2.75, 3.05) is 30.3 Å². The van der Waals surface area contributed by atoms with Gasteiger partial charge in [0.2, 0.25) is 5.91 Å². The molecule has 1 atom stereocenters. The minimum atomic E-state index is -1.01. The van der Waals surface area contributed by atoms with Crippen LogP contribution in [0.2, 0.25) is 0 Å². The minimum absolute atomic E-state index is 0.124. The number of amides is 1. The quantitative estimate of drug-likeness (QED) is 0.386. The van der Waals surface area contributed by atoms with Gasteiger partial charge in [0.15, 0.2) is 11.5 Å². The number of ether oxygens (including phenoxy) is 1. The average molecular weight is 578 g/mol. The van der Waals surface area contributed by atoms with Gasteiger partial charge in [0.05, 0.1) is 28.7 Å². The molecular weight excluding hydrogens is 554 g/mol. The summed E-state index contributed by atoms with van der Waals surface area (Å²) in [6.07, 6.45) is 6.02. The van der Waals surface area contributed by atoms with Gasteiger partial charge in [-0.15, -0.1) is 0 Å². The van der Waals surface area contributed by atoms with Crippen LogP contribution >= 0.6 is 22.6 Å². The van der Waals surface area contributed by atoms with E-state index in [1.54, 1.807) is 6.33 Å². The second-order valence-electron chi connectivity index (χ2n) is 9.24. The molecule has 1 unspecified atom stereocenters. The number of benzene rings is 1. The van der Waals surface area contributed by atoms with E-state index in [-0.39, 0.29) is 23.6 Å². The molecule has 1 saturated heterocycles. The lowest BCUT2D eigenvalue weighted by Gasteiger charge is -2.28. The molecule has 6 rings (SSSR count). The van der Waals surface area contributed by atoms with Crippen molar-refractivity contribution >= 4 is 51.2 Å². The van der Waals surface area contributed by atoms with Crippen LogP contribution in [0.1, 0.15) is 30.4 Å². The fourth-order valence-electron chi connectivity index (χ4n) is 4.81. The topological polar surface area (TPSA) is 137 Å². The molecule has 2 aromatic heterocycles. The third-order valence-corrected chi connectivity index (χ3v) is 7.96. The average Bonchev–Trinajstić information content (AvgIpc) is 3.19. The molecule has 34 heavy (non-hydrogen) atoms. The molecule has 1 amide bonds. The number of fused-ring (bicyclic) bond motifs is 2. The van der Waals surface area contributed by atoms with Crippen LogP contribution in [-0.2, 0) is 17.8 Å². The first-order valence-electron chi connectivity index (χ1n) is 11.3. The molecule has 0 bridgehead atoms. The van der Waals surface area contributed by atoms with Crippen molar-refractivity contribution in [2.24, 2.45) is 5.73 Å². The Labute approximate surface area is 208 Å². The molecule has 2 fully saturated rings. The number of hydrogen-bond acceptors (Lipinski definition) is 8. The van der Waals surface area contributed by atoms with Crippen LogP contribution in [-0.4, -0.2) is 56.7 Å². The zero-order valence-corrected chi connectivity index (χ0v) is 20.5. The Balaban J connectivity index is 1.42. The summed E-state index contributed by atoms with van der Waals surface area (Å²) < 4.78 is 23.7. The molecule has 12 heteroatoms. The van der Waals surface area contributed by atoms with Crippen LogP contribution in [0.25, 0.3) is 11.2 Å². The molecule has 3 aromatic rings. The number of aromatic nitrogens is 4. The highest BCUT2D eigenvalue weighted by molar-refractivity contribution is 14.1. The third kappa shape index (κ3) is 3.45. The summed E-state index contributed by atoms with van der Waals surface area (Å²) in [5.74, 6) is 0.436. The van der Waals surface area contributed by atoms with Crippen LogP contribution in [0.15, 0.2) is 12.7 Å². The highest BCUT2D eigenvalue weighted by atomic mass is 127. The summed E-state index contributed by atoms with van der Waals surface area (Å²) >= 11 is 2.05. The Bertz CT molecular complexity index is 1330. The first-order chi connectivity index (χ1) is 16.4. The molecule has 1 saturated carbocycles. The van der Waals surface area contributed by atoms with Crippen LogP contribution in [0.5, 0.6) is 5.75 Å². The molecule has 0 spiro atoms. The highest BCUT2D eigenvalue weighted by Gasteiger charge is 2.45. The van der Waals surface area contributed by atoms with E-state index in [1.165, 1.54) is 6.33 Å². The lowest BCUT2D eigenvalue weighted by molar-refractivity contribution is -0.125. The number of halogens is 2. The van der Waals surface area contributed by atoms with Crippen LogP contribution in [0.4, 0.5) is 15.9 Å². The van der Waals surface area contributed by atoms with Gasteiger partial charge in [-0.05, 0) is 41.9 Å². The number of rotatable bonds is 5. The molecular formula is C22H24FIN8O2. The first-order valence-corrected chi connectivity index (χ1v) is 12.3. The van der Waals surface area contributed by atoms with Crippen molar-refractivity contribution < 1.29 is 13.9 Å². The number of hydrogen-bond donors (Lipinski definition) is 3. The standard InChI is InChI=1S/C22H24FIN8O2/c23-14-12-3-6-34-18(12)17(31-5-4-22(26,8-31)21(33)30-11-1-2-11)13(15(14)24)7-32-10-29-16-19(25)27-9-28-20(16)32/h9-11H,1-8,26H2,(H,30,33)(H2,25,27,28). The number of nitrogens with one attached hydrogen (secondary N) is 1. The highest BCUT2D eigenvalue weighted by Crippen LogP contribution is 2.46. The lowest BCUT2D eigenvalue weighted by atomic mass is 9.99. The Morgan fingerprint density at radius 3 is 2.97 bits per heavy atom. The largest absolute Gasteiger partial charge is 0.491 e. The Morgan fingerprint density at radius 2 is 2.18 bits per heavy atom. The predicted molar refractivity (Wildman–Crippen MR) is 132 cm³/mol. The maximum Gasteiger partial charge on any atom is 0.242 e. The summed E-state index contributed by atoms with van der Waals surface area (Å²) in [4.78, 5) is 27.6. The van der Waals surface area contributed by atoms with Gasteiger partial charge in [0.25, 0.3) is 0 Å². The Hall–Kier alpha value is -2.74. The number of carbonyl (C=O) groups excluding carboxylic acids is 1. The van der Waals surface area contributed by atoms with Crippen molar-refractivity contribution in [1.82, 2.24) is 24.8 Å². The summed E-state index contributed by atoms with van der Waals surface area (Å²) in [6.45, 7) is 1.62. The minimum Gasteiger partial charge on any atom is -0.491 e. The summed E-state index contributed by atoms with van der Waals surface area (Å²) in [5.41, 5.74) is 14.7. The van der Waals surface area contributed by atoms with Crippen molar-refractivity contribution in [3.8, 4) is 5.75 Å².